The van der Waals surface area contributed by atoms with Gasteiger partial charge in [0.05, 0.1) is 34.5 Å². The summed E-state index contributed by atoms with van der Waals surface area (Å²) < 4.78 is 28.4. The second-order valence-electron chi connectivity index (χ2n) is 11.1. The molecular formula is C32H33FN2O3. The number of ether oxygens (including phenoxy) is 1. The minimum Gasteiger partial charge on any atom is -0.469 e. The lowest BCUT2D eigenvalue weighted by Gasteiger charge is -2.33. The highest BCUT2D eigenvalue weighted by Crippen LogP contribution is 2.42. The van der Waals surface area contributed by atoms with Crippen LogP contribution in [0.3, 0.4) is 0 Å². The van der Waals surface area contributed by atoms with Crippen LogP contribution >= 0.6 is 0 Å². The van der Waals surface area contributed by atoms with Gasteiger partial charge in [0.2, 0.25) is 0 Å². The van der Waals surface area contributed by atoms with E-state index in [1.165, 1.54) is 6.07 Å². The van der Waals surface area contributed by atoms with Crippen LogP contribution in [0.5, 0.6) is 0 Å². The molecule has 0 saturated carbocycles. The molecule has 1 N–H and O–H groups in total. The van der Waals surface area contributed by atoms with Gasteiger partial charge in [-0.05, 0) is 87.4 Å². The first-order valence-electron chi connectivity index (χ1n) is 13.3. The molecule has 1 aliphatic heterocycles. The zero-order chi connectivity index (χ0) is 26.6. The van der Waals surface area contributed by atoms with Crippen LogP contribution in [0, 0.1) is 25.6 Å². The van der Waals surface area contributed by atoms with E-state index in [9.17, 15) is 9.50 Å². The van der Waals surface area contributed by atoms with Crippen molar-refractivity contribution in [3.63, 3.8) is 0 Å². The van der Waals surface area contributed by atoms with E-state index in [0.29, 0.717) is 13.2 Å². The molecule has 0 aliphatic carbocycles. The van der Waals surface area contributed by atoms with Crippen molar-refractivity contribution in [2.75, 3.05) is 13.2 Å². The number of hydrogen-bond donors (Lipinski definition) is 1. The van der Waals surface area contributed by atoms with Crippen LogP contribution in [-0.2, 0) is 10.3 Å². The molecular weight excluding hydrogens is 479 g/mol. The highest BCUT2D eigenvalue weighted by molar-refractivity contribution is 6.07. The van der Waals surface area contributed by atoms with Crippen molar-refractivity contribution in [3.05, 3.63) is 89.3 Å². The van der Waals surface area contributed by atoms with Gasteiger partial charge in [0.15, 0.2) is 0 Å². The van der Waals surface area contributed by atoms with E-state index in [-0.39, 0.29) is 17.8 Å². The van der Waals surface area contributed by atoms with E-state index < -0.39 is 5.60 Å². The van der Waals surface area contributed by atoms with E-state index >= 15 is 0 Å². The molecule has 1 saturated heterocycles. The predicted octanol–water partition coefficient (Wildman–Crippen LogP) is 7.45. The van der Waals surface area contributed by atoms with Crippen LogP contribution in [0.1, 0.15) is 55.2 Å². The number of aliphatic hydroxyl groups is 1. The van der Waals surface area contributed by atoms with E-state index in [1.807, 2.05) is 32.2 Å². The summed E-state index contributed by atoms with van der Waals surface area (Å²) >= 11 is 0. The van der Waals surface area contributed by atoms with Gasteiger partial charge < -0.3 is 18.8 Å². The lowest BCUT2D eigenvalue weighted by atomic mass is 9.86. The maximum atomic E-state index is 14.6. The summed E-state index contributed by atoms with van der Waals surface area (Å²) in [6.45, 7) is 8.96. The number of aromatic nitrogens is 2. The number of rotatable bonds is 5. The van der Waals surface area contributed by atoms with Gasteiger partial charge >= 0.3 is 0 Å². The molecule has 6 heteroatoms. The third-order valence-corrected chi connectivity index (χ3v) is 7.97. The number of halogens is 1. The summed E-state index contributed by atoms with van der Waals surface area (Å²) in [6.07, 6.45) is 5.44. The highest BCUT2D eigenvalue weighted by atomic mass is 19.1. The average Bonchev–Trinajstić information content (AvgIpc) is 3.40. The molecule has 38 heavy (non-hydrogen) atoms. The van der Waals surface area contributed by atoms with Gasteiger partial charge in [-0.1, -0.05) is 24.3 Å². The van der Waals surface area contributed by atoms with Gasteiger partial charge in [0.25, 0.3) is 0 Å². The standard InChI is InChI=1S/C32H33FN2O3/c1-19-18-38-20(2)29(19)23-15-28-30(34-17-23)26-9-8-24(32(3,4)36)16-27(26)35(28)31(21-10-12-37-13-11-21)22-6-5-7-25(33)14-22/h5-9,14-18,21,31,36H,10-13H2,1-4H3. The van der Waals surface area contributed by atoms with Gasteiger partial charge in [-0.15, -0.1) is 0 Å². The summed E-state index contributed by atoms with van der Waals surface area (Å²) in [6, 6.07) is 15.1. The molecule has 3 aromatic heterocycles. The molecule has 1 aliphatic rings. The van der Waals surface area contributed by atoms with E-state index in [1.54, 1.807) is 32.2 Å². The van der Waals surface area contributed by atoms with Gasteiger partial charge in [0, 0.05) is 35.9 Å². The van der Waals surface area contributed by atoms with Crippen LogP contribution in [0.15, 0.2) is 65.4 Å². The molecule has 196 valence electrons. The highest BCUT2D eigenvalue weighted by Gasteiger charge is 2.31. The topological polar surface area (TPSA) is 60.4 Å². The number of benzene rings is 2. The zero-order valence-electron chi connectivity index (χ0n) is 22.3. The largest absolute Gasteiger partial charge is 0.469 e. The summed E-state index contributed by atoms with van der Waals surface area (Å²) in [5.74, 6) is 0.846. The fraction of sp³-hybridized carbons (Fsp3) is 0.344. The molecule has 5 aromatic rings. The first-order chi connectivity index (χ1) is 18.2. The van der Waals surface area contributed by atoms with Crippen LogP contribution in [-0.4, -0.2) is 27.9 Å². The number of fused-ring (bicyclic) bond motifs is 3. The molecule has 1 fully saturated rings. The SMILES string of the molecule is Cc1coc(C)c1-c1cnc2c3ccc(C(C)(C)O)cc3n(C(c3cccc(F)c3)C3CCOCC3)c2c1. The molecule has 0 radical (unpaired) electrons. The van der Waals surface area contributed by atoms with E-state index in [4.69, 9.17) is 14.1 Å². The normalized spacial score (nSPS) is 15.9. The molecule has 6 rings (SSSR count). The quantitative estimate of drug-likeness (QED) is 0.266. The Morgan fingerprint density at radius 3 is 2.53 bits per heavy atom. The third-order valence-electron chi connectivity index (χ3n) is 7.97. The van der Waals surface area contributed by atoms with Crippen LogP contribution in [0.4, 0.5) is 4.39 Å². The van der Waals surface area contributed by atoms with Crippen molar-refractivity contribution in [2.24, 2.45) is 5.92 Å². The zero-order valence-corrected chi connectivity index (χ0v) is 22.3. The van der Waals surface area contributed by atoms with Crippen molar-refractivity contribution in [1.29, 1.82) is 0 Å². The van der Waals surface area contributed by atoms with Gasteiger partial charge in [-0.3, -0.25) is 4.98 Å². The van der Waals surface area contributed by atoms with Gasteiger partial charge in [-0.25, -0.2) is 4.39 Å². The summed E-state index contributed by atoms with van der Waals surface area (Å²) in [7, 11) is 0. The Morgan fingerprint density at radius 1 is 1.05 bits per heavy atom. The summed E-state index contributed by atoms with van der Waals surface area (Å²) in [5, 5.41) is 11.9. The number of aryl methyl sites for hydroxylation is 2. The van der Waals surface area contributed by atoms with Crippen molar-refractivity contribution in [3.8, 4) is 11.1 Å². The first-order valence-corrected chi connectivity index (χ1v) is 13.3. The molecule has 1 atom stereocenters. The smallest absolute Gasteiger partial charge is 0.123 e. The third kappa shape index (κ3) is 4.22. The monoisotopic (exact) mass is 512 g/mol. The van der Waals surface area contributed by atoms with Crippen molar-refractivity contribution in [1.82, 2.24) is 9.55 Å². The Morgan fingerprint density at radius 2 is 1.84 bits per heavy atom. The first kappa shape index (κ1) is 24.8. The summed E-state index contributed by atoms with van der Waals surface area (Å²) in [5.41, 5.74) is 6.66. The minimum atomic E-state index is -1.01. The summed E-state index contributed by atoms with van der Waals surface area (Å²) in [4.78, 5) is 4.98. The Balaban J connectivity index is 1.70. The molecule has 0 bridgehead atoms. The second-order valence-corrected chi connectivity index (χ2v) is 11.1. The number of hydrogen-bond acceptors (Lipinski definition) is 4. The number of nitrogens with zero attached hydrogens (tertiary/aromatic N) is 2. The minimum absolute atomic E-state index is 0.129. The Labute approximate surface area is 221 Å². The average molecular weight is 513 g/mol. The van der Waals surface area contributed by atoms with E-state index in [0.717, 1.165) is 68.4 Å². The Hall–Kier alpha value is -3.48. The molecule has 0 spiro atoms. The predicted molar refractivity (Wildman–Crippen MR) is 148 cm³/mol. The van der Waals surface area contributed by atoms with Gasteiger partial charge in [0.1, 0.15) is 11.6 Å². The molecule has 5 nitrogen and oxygen atoms in total. The number of furan rings is 1. The number of pyridine rings is 1. The second kappa shape index (κ2) is 9.37. The van der Waals surface area contributed by atoms with Crippen LogP contribution in [0.2, 0.25) is 0 Å². The van der Waals surface area contributed by atoms with Gasteiger partial charge in [-0.2, -0.15) is 0 Å². The lowest BCUT2D eigenvalue weighted by Crippen LogP contribution is -2.27. The van der Waals surface area contributed by atoms with Crippen LogP contribution < -0.4 is 0 Å². The van der Waals surface area contributed by atoms with Crippen molar-refractivity contribution >= 4 is 21.9 Å². The molecule has 0 amide bonds. The molecule has 1 unspecified atom stereocenters. The molecule has 2 aromatic carbocycles. The van der Waals surface area contributed by atoms with Crippen molar-refractivity contribution in [2.45, 2.75) is 52.2 Å². The Kier molecular flexibility index (Phi) is 6.12. The van der Waals surface area contributed by atoms with E-state index in [2.05, 4.69) is 22.8 Å². The Bertz CT molecular complexity index is 1620. The van der Waals surface area contributed by atoms with Crippen LogP contribution in [0.25, 0.3) is 33.1 Å². The maximum Gasteiger partial charge on any atom is 0.123 e. The fourth-order valence-electron chi connectivity index (χ4n) is 6.08. The fourth-order valence-corrected chi connectivity index (χ4v) is 6.08. The molecule has 4 heterocycles. The maximum absolute atomic E-state index is 14.6. The van der Waals surface area contributed by atoms with Crippen molar-refractivity contribution < 1.29 is 18.7 Å². The lowest BCUT2D eigenvalue weighted by molar-refractivity contribution is 0.0552.